The van der Waals surface area contributed by atoms with Crippen molar-refractivity contribution in [2.24, 2.45) is 0 Å². The van der Waals surface area contributed by atoms with Gasteiger partial charge in [0, 0.05) is 17.4 Å². The molecule has 0 amide bonds. The fourth-order valence-electron chi connectivity index (χ4n) is 4.28. The van der Waals surface area contributed by atoms with Crippen LogP contribution in [0.25, 0.3) is 33.2 Å². The molecule has 0 aliphatic heterocycles. The van der Waals surface area contributed by atoms with Gasteiger partial charge < -0.3 is 9.52 Å². The van der Waals surface area contributed by atoms with Gasteiger partial charge in [-0.05, 0) is 40.5 Å². The van der Waals surface area contributed by atoms with E-state index in [2.05, 4.69) is 12.1 Å². The number of sulfonamides is 1. The Balaban J connectivity index is 1.47. The molecule has 0 aliphatic rings. The number of para-hydroxylation sites is 1. The predicted molar refractivity (Wildman–Crippen MR) is 139 cm³/mol. The van der Waals surface area contributed by atoms with E-state index in [1.807, 2.05) is 71.5 Å². The number of carboxylic acid groups (broad SMARTS) is 1. The van der Waals surface area contributed by atoms with Crippen LogP contribution in [0.3, 0.4) is 0 Å². The highest BCUT2D eigenvalue weighted by Crippen LogP contribution is 2.37. The lowest BCUT2D eigenvalue weighted by molar-refractivity contribution is -0.135. The summed E-state index contributed by atoms with van der Waals surface area (Å²) in [5.41, 5.74) is 5.04. The molecular weight excluding hydrogens is 493 g/mol. The summed E-state index contributed by atoms with van der Waals surface area (Å²) < 4.78 is 47.2. The average Bonchev–Trinajstić information content (AvgIpc) is 3.26. The maximum absolute atomic E-state index is 14.7. The number of hydrogen-bond acceptors (Lipinski definition) is 4. The Hall–Kier alpha value is -4.27. The van der Waals surface area contributed by atoms with Crippen LogP contribution in [0.5, 0.6) is 0 Å². The van der Waals surface area contributed by atoms with Crippen molar-refractivity contribution >= 4 is 27.0 Å². The summed E-state index contributed by atoms with van der Waals surface area (Å²) in [6, 6.07) is 29.2. The van der Waals surface area contributed by atoms with Crippen molar-refractivity contribution in [3.05, 3.63) is 114 Å². The van der Waals surface area contributed by atoms with Gasteiger partial charge >= 0.3 is 5.97 Å². The molecule has 1 heterocycles. The summed E-state index contributed by atoms with van der Waals surface area (Å²) in [4.78, 5) is 10.1. The topological polar surface area (TPSA) is 96.6 Å². The highest BCUT2D eigenvalue weighted by atomic mass is 32.2. The van der Waals surface area contributed by atoms with Crippen LogP contribution in [-0.2, 0) is 21.2 Å². The Morgan fingerprint density at radius 1 is 0.838 bits per heavy atom. The summed E-state index contributed by atoms with van der Waals surface area (Å²) in [5.74, 6) is -1.49. The molecule has 0 saturated carbocycles. The van der Waals surface area contributed by atoms with Crippen LogP contribution in [0.2, 0.25) is 0 Å². The fraction of sp³-hybridized carbons (Fsp3) is 0.0690. The maximum atomic E-state index is 14.7. The summed E-state index contributed by atoms with van der Waals surface area (Å²) in [6.07, 6.45) is 0.629. The Kier molecular flexibility index (Phi) is 6.60. The van der Waals surface area contributed by atoms with Crippen LogP contribution in [0.4, 0.5) is 4.39 Å². The van der Waals surface area contributed by atoms with Crippen LogP contribution in [0, 0.1) is 5.82 Å². The molecule has 0 aliphatic carbocycles. The van der Waals surface area contributed by atoms with Crippen molar-refractivity contribution in [1.82, 2.24) is 4.72 Å². The average molecular weight is 516 g/mol. The maximum Gasteiger partial charge on any atom is 0.318 e. The summed E-state index contributed by atoms with van der Waals surface area (Å²) in [6.45, 7) is -0.833. The molecule has 6 nitrogen and oxygen atoms in total. The standard InChI is InChI=1S/C29H22FNO5S/c30-24-17-22(14-15-27(24)37(34,35)31-18-28(32)33)20-10-12-21(13-11-20)29-23-8-4-5-9-25(23)36-26(29)16-19-6-2-1-3-7-19/h1-15,17,31H,16,18H2,(H,32,33). The molecule has 1 aromatic heterocycles. The van der Waals surface area contributed by atoms with Gasteiger partial charge in [0.2, 0.25) is 10.0 Å². The lowest BCUT2D eigenvalue weighted by atomic mass is 9.96. The Morgan fingerprint density at radius 3 is 2.19 bits per heavy atom. The van der Waals surface area contributed by atoms with Gasteiger partial charge in [-0.15, -0.1) is 0 Å². The van der Waals surface area contributed by atoms with Crippen molar-refractivity contribution in [3.63, 3.8) is 0 Å². The van der Waals surface area contributed by atoms with Gasteiger partial charge in [0.15, 0.2) is 0 Å². The second-order valence-corrected chi connectivity index (χ2v) is 10.2. The van der Waals surface area contributed by atoms with Gasteiger partial charge in [-0.1, -0.05) is 78.9 Å². The van der Waals surface area contributed by atoms with E-state index in [4.69, 9.17) is 9.52 Å². The van der Waals surface area contributed by atoms with Crippen LogP contribution >= 0.6 is 0 Å². The Morgan fingerprint density at radius 2 is 1.49 bits per heavy atom. The van der Waals surface area contributed by atoms with E-state index in [9.17, 15) is 17.6 Å². The van der Waals surface area contributed by atoms with Gasteiger partial charge in [0.05, 0.1) is 0 Å². The molecule has 0 bridgehead atoms. The minimum Gasteiger partial charge on any atom is -0.480 e. The molecule has 2 N–H and O–H groups in total. The van der Waals surface area contributed by atoms with E-state index in [0.717, 1.165) is 45.6 Å². The first-order valence-electron chi connectivity index (χ1n) is 11.5. The van der Waals surface area contributed by atoms with Crippen molar-refractivity contribution in [1.29, 1.82) is 0 Å². The number of benzene rings is 4. The second-order valence-electron chi connectivity index (χ2n) is 8.50. The molecule has 37 heavy (non-hydrogen) atoms. The lowest BCUT2D eigenvalue weighted by Gasteiger charge is -2.09. The number of nitrogens with one attached hydrogen (secondary N) is 1. The first-order chi connectivity index (χ1) is 17.8. The number of carbonyl (C=O) groups is 1. The molecule has 5 rings (SSSR count). The molecule has 0 atom stereocenters. The lowest BCUT2D eigenvalue weighted by Crippen LogP contribution is -2.30. The van der Waals surface area contributed by atoms with E-state index >= 15 is 0 Å². The van der Waals surface area contributed by atoms with Gasteiger partial charge in [-0.2, -0.15) is 4.72 Å². The highest BCUT2D eigenvalue weighted by Gasteiger charge is 2.21. The molecule has 0 saturated heterocycles. The molecule has 0 unspecified atom stereocenters. The number of halogens is 1. The Labute approximate surface area is 213 Å². The predicted octanol–water partition coefficient (Wildman–Crippen LogP) is 5.86. The number of fused-ring (bicyclic) bond motifs is 1. The molecular formula is C29H22FNO5S. The van der Waals surface area contributed by atoms with Crippen LogP contribution < -0.4 is 4.72 Å². The smallest absolute Gasteiger partial charge is 0.318 e. The number of aliphatic carboxylic acids is 1. The molecule has 4 aromatic carbocycles. The molecule has 8 heteroatoms. The monoisotopic (exact) mass is 515 g/mol. The normalized spacial score (nSPS) is 11.6. The largest absolute Gasteiger partial charge is 0.480 e. The number of rotatable bonds is 8. The molecule has 0 fully saturated rings. The van der Waals surface area contributed by atoms with Crippen LogP contribution in [0.1, 0.15) is 11.3 Å². The van der Waals surface area contributed by atoms with Crippen molar-refractivity contribution in [2.45, 2.75) is 11.3 Å². The van der Waals surface area contributed by atoms with Crippen LogP contribution in [0.15, 0.2) is 106 Å². The van der Waals surface area contributed by atoms with Gasteiger partial charge in [0.1, 0.15) is 28.6 Å². The number of furan rings is 1. The minimum atomic E-state index is -4.29. The van der Waals surface area contributed by atoms with E-state index in [0.29, 0.717) is 17.5 Å². The highest BCUT2D eigenvalue weighted by molar-refractivity contribution is 7.89. The zero-order valence-electron chi connectivity index (χ0n) is 19.5. The molecule has 0 spiro atoms. The van der Waals surface area contributed by atoms with Crippen molar-refractivity contribution in [2.75, 3.05) is 6.54 Å². The summed E-state index contributed by atoms with van der Waals surface area (Å²) in [7, 11) is -4.29. The minimum absolute atomic E-state index is 0.489. The van der Waals surface area contributed by atoms with E-state index < -0.39 is 33.3 Å². The molecule has 5 aromatic rings. The third-order valence-corrected chi connectivity index (χ3v) is 7.45. The zero-order chi connectivity index (χ0) is 26.0. The van der Waals surface area contributed by atoms with Gasteiger partial charge in [0.25, 0.3) is 0 Å². The first-order valence-corrected chi connectivity index (χ1v) is 13.0. The number of carboxylic acids is 1. The molecule has 186 valence electrons. The van der Waals surface area contributed by atoms with Crippen molar-refractivity contribution < 1.29 is 27.1 Å². The van der Waals surface area contributed by atoms with E-state index in [1.165, 1.54) is 6.07 Å². The Bertz CT molecular complexity index is 1690. The van der Waals surface area contributed by atoms with Gasteiger partial charge in [-0.25, -0.2) is 12.8 Å². The van der Waals surface area contributed by atoms with E-state index in [1.54, 1.807) is 0 Å². The first kappa shape index (κ1) is 24.4. The SMILES string of the molecule is O=C(O)CNS(=O)(=O)c1ccc(-c2ccc(-c3c(Cc4ccccc4)oc4ccccc34)cc2)cc1F. The molecule has 0 radical (unpaired) electrons. The fourth-order valence-corrected chi connectivity index (χ4v) is 5.31. The zero-order valence-corrected chi connectivity index (χ0v) is 20.3. The quantitative estimate of drug-likeness (QED) is 0.270. The van der Waals surface area contributed by atoms with Gasteiger partial charge in [-0.3, -0.25) is 4.79 Å². The third kappa shape index (κ3) is 5.16. The summed E-state index contributed by atoms with van der Waals surface area (Å²) in [5, 5.41) is 9.70. The second kappa shape index (κ2) is 10.0. The third-order valence-electron chi connectivity index (χ3n) is 6.02. The van der Waals surface area contributed by atoms with Crippen LogP contribution in [-0.4, -0.2) is 26.0 Å². The van der Waals surface area contributed by atoms with E-state index in [-0.39, 0.29) is 0 Å². The summed E-state index contributed by atoms with van der Waals surface area (Å²) >= 11 is 0. The van der Waals surface area contributed by atoms with Crippen molar-refractivity contribution in [3.8, 4) is 22.3 Å². The number of hydrogen-bond donors (Lipinski definition) is 2.